The Kier molecular flexibility index (Phi) is 8.46. The Morgan fingerprint density at radius 1 is 0.857 bits per heavy atom. The van der Waals surface area contributed by atoms with Crippen LogP contribution in [0.2, 0.25) is 0 Å². The van der Waals surface area contributed by atoms with E-state index < -0.39 is 0 Å². The van der Waals surface area contributed by atoms with Crippen molar-refractivity contribution < 1.29 is 49.5 Å². The Hall–Kier alpha value is -1.40. The zero-order valence-corrected chi connectivity index (χ0v) is 31.5. The number of fused-ring (bicyclic) bond motifs is 4. The third-order valence-corrected chi connectivity index (χ3v) is 11.2. The fraction of sp³-hybridized carbons (Fsp3) is 0.436. The van der Waals surface area contributed by atoms with Gasteiger partial charge in [0, 0.05) is 0 Å². The van der Waals surface area contributed by atoms with Crippen molar-refractivity contribution in [2.75, 3.05) is 0 Å². The van der Waals surface area contributed by atoms with Crippen molar-refractivity contribution in [2.24, 2.45) is 11.3 Å². The largest absolute Gasteiger partial charge is 1.00 e. The van der Waals surface area contributed by atoms with Crippen LogP contribution in [-0.4, -0.2) is 0 Å². The molecule has 4 aliphatic rings. The second-order valence-electron chi connectivity index (χ2n) is 15.2. The summed E-state index contributed by atoms with van der Waals surface area (Å²) in [5.74, 6) is 0.457. The zero-order valence-electron chi connectivity index (χ0n) is 27.5. The van der Waals surface area contributed by atoms with Gasteiger partial charge in [-0.3, -0.25) is 0 Å². The molecule has 0 heterocycles. The fourth-order valence-corrected chi connectivity index (χ4v) is 9.30. The van der Waals surface area contributed by atoms with Gasteiger partial charge in [-0.1, -0.05) is 0 Å². The molecule has 3 heteroatoms. The maximum Gasteiger partial charge on any atom is -1.00 e. The maximum atomic E-state index is 2.58. The smallest absolute Gasteiger partial charge is 1.00 e. The van der Waals surface area contributed by atoms with E-state index in [4.69, 9.17) is 0 Å². The predicted molar refractivity (Wildman–Crippen MR) is 170 cm³/mol. The van der Waals surface area contributed by atoms with Gasteiger partial charge in [0.05, 0.1) is 0 Å². The second kappa shape index (κ2) is 10.6. The summed E-state index contributed by atoms with van der Waals surface area (Å²) in [6.07, 6.45) is 11.3. The molecule has 42 heavy (non-hydrogen) atoms. The van der Waals surface area contributed by atoms with Gasteiger partial charge >= 0.3 is 258 Å². The molecular formula is C39H45Cl2Zr. The molecule has 0 spiro atoms. The first kappa shape index (κ1) is 33.5. The molecule has 0 amide bonds. The summed E-state index contributed by atoms with van der Waals surface area (Å²) in [4.78, 5) is 0. The molecule has 0 radical (unpaired) electrons. The van der Waals surface area contributed by atoms with Crippen molar-refractivity contribution in [1.82, 2.24) is 0 Å². The number of allylic oxidation sites excluding steroid dienone is 8. The molecule has 2 aromatic carbocycles. The average molecular weight is 676 g/mol. The van der Waals surface area contributed by atoms with E-state index in [1.165, 1.54) is 90.1 Å². The topological polar surface area (TPSA) is 0 Å². The Morgan fingerprint density at radius 3 is 2.05 bits per heavy atom. The van der Waals surface area contributed by atoms with Gasteiger partial charge in [-0.2, -0.15) is 0 Å². The number of rotatable bonds is 2. The van der Waals surface area contributed by atoms with Crippen molar-refractivity contribution in [2.45, 2.75) is 100 Å². The summed E-state index contributed by atoms with van der Waals surface area (Å²) in [6, 6.07) is 5.13. The van der Waals surface area contributed by atoms with Gasteiger partial charge in [0.15, 0.2) is 0 Å². The quantitative estimate of drug-likeness (QED) is 0.460. The van der Waals surface area contributed by atoms with Crippen LogP contribution in [0.1, 0.15) is 123 Å². The van der Waals surface area contributed by atoms with E-state index in [1.807, 2.05) is 0 Å². The fourth-order valence-electron chi connectivity index (χ4n) is 8.18. The SMILES string of the molecule is CCC1C=C(C(C)(C)C)C=C1c1c2c(c(=C(C)C)c3c1[C]([Zr+2])=c1cc4c(cc1=3)C(C)=CC4(C)C)C(C)=CC2(C)C.[Cl-].[Cl-]. The molecule has 0 saturated carbocycles. The molecule has 0 bridgehead atoms. The van der Waals surface area contributed by atoms with Crippen molar-refractivity contribution in [3.63, 3.8) is 0 Å². The number of halogens is 2. The first-order chi connectivity index (χ1) is 18.5. The maximum absolute atomic E-state index is 2.58. The van der Waals surface area contributed by atoms with Crippen LogP contribution in [0, 0.1) is 21.8 Å². The molecule has 0 N–H and O–H groups in total. The van der Waals surface area contributed by atoms with Crippen LogP contribution in [0.5, 0.6) is 0 Å². The third kappa shape index (κ3) is 4.63. The van der Waals surface area contributed by atoms with Gasteiger partial charge in [-0.05, 0) is 0 Å². The summed E-state index contributed by atoms with van der Waals surface area (Å²) in [5.41, 5.74) is 16.6. The molecule has 0 fully saturated rings. The van der Waals surface area contributed by atoms with Crippen LogP contribution in [0.15, 0.2) is 42.0 Å². The van der Waals surface area contributed by atoms with Crippen LogP contribution in [0.4, 0.5) is 0 Å². The van der Waals surface area contributed by atoms with Crippen molar-refractivity contribution in [1.29, 1.82) is 0 Å². The predicted octanol–water partition coefficient (Wildman–Crippen LogP) is 2.97. The molecule has 4 aliphatic carbocycles. The summed E-state index contributed by atoms with van der Waals surface area (Å²) in [6.45, 7) is 28.4. The Morgan fingerprint density at radius 2 is 1.48 bits per heavy atom. The molecule has 0 aromatic heterocycles. The average Bonchev–Trinajstić information content (AvgIpc) is 3.52. The summed E-state index contributed by atoms with van der Waals surface area (Å²) in [7, 11) is 0. The normalized spacial score (nSPS) is 20.4. The summed E-state index contributed by atoms with van der Waals surface area (Å²) >= 11 is 1.51. The second-order valence-corrected chi connectivity index (χ2v) is 16.4. The molecule has 6 rings (SSSR count). The van der Waals surface area contributed by atoms with Crippen molar-refractivity contribution in [3.05, 3.63) is 96.3 Å². The van der Waals surface area contributed by atoms with Gasteiger partial charge in [-0.15, -0.1) is 0 Å². The van der Waals surface area contributed by atoms with E-state index in [-0.39, 0.29) is 41.1 Å². The molecule has 1 unspecified atom stereocenters. The minimum atomic E-state index is -0.00813. The Bertz CT molecular complexity index is 1900. The van der Waals surface area contributed by atoms with Crippen LogP contribution in [0.3, 0.4) is 0 Å². The zero-order chi connectivity index (χ0) is 29.3. The molecule has 0 aliphatic heterocycles. The Labute approximate surface area is 281 Å². The number of hydrogen-bond acceptors (Lipinski definition) is 0. The van der Waals surface area contributed by atoms with E-state index >= 15 is 0 Å². The Balaban J connectivity index is 0.00000202. The van der Waals surface area contributed by atoms with Crippen LogP contribution >= 0.6 is 0 Å². The van der Waals surface area contributed by atoms with E-state index in [0.29, 0.717) is 5.92 Å². The van der Waals surface area contributed by atoms with Gasteiger partial charge < -0.3 is 24.8 Å². The third-order valence-electron chi connectivity index (χ3n) is 9.94. The minimum Gasteiger partial charge on any atom is -1.00 e. The molecule has 2 aromatic rings. The molecule has 1 atom stereocenters. The first-order valence-corrected chi connectivity index (χ1v) is 16.4. The van der Waals surface area contributed by atoms with Gasteiger partial charge in [0.25, 0.3) is 0 Å². The van der Waals surface area contributed by atoms with Crippen molar-refractivity contribution >= 4 is 25.6 Å². The van der Waals surface area contributed by atoms with Crippen LogP contribution in [-0.2, 0) is 35.5 Å². The van der Waals surface area contributed by atoms with Crippen LogP contribution in [0.25, 0.3) is 25.6 Å². The molecular weight excluding hydrogens is 631 g/mol. The standard InChI is InChI=1S/C39H45.2ClH.Zr/c1-13-24-14-26(37(6,7)8)17-28(24)35-30-15-25-16-31-27(22(4)19-38(31,9)10)18-29(25)34(30)32(21(2)3)33-23(5)20-39(11,12)36(33)35;;;/h14,16-20,24H,13H2,1-12H3;2*1H;/q;;;+2/p-2. The van der Waals surface area contributed by atoms with Gasteiger partial charge in [0.2, 0.25) is 0 Å². The summed E-state index contributed by atoms with van der Waals surface area (Å²) in [5, 5.41) is 5.92. The van der Waals surface area contributed by atoms with E-state index in [2.05, 4.69) is 120 Å². The first-order valence-electron chi connectivity index (χ1n) is 15.2. The van der Waals surface area contributed by atoms with Crippen LogP contribution < -0.4 is 35.3 Å². The summed E-state index contributed by atoms with van der Waals surface area (Å²) < 4.78 is 1.54. The monoisotopic (exact) mass is 673 g/mol. The number of hydrogen-bond donors (Lipinski definition) is 0. The van der Waals surface area contributed by atoms with Gasteiger partial charge in [0.1, 0.15) is 0 Å². The van der Waals surface area contributed by atoms with Crippen molar-refractivity contribution in [3.8, 4) is 0 Å². The van der Waals surface area contributed by atoms with Gasteiger partial charge in [-0.25, -0.2) is 0 Å². The minimum absolute atomic E-state index is 0. The van der Waals surface area contributed by atoms with E-state index in [9.17, 15) is 0 Å². The molecule has 0 nitrogen and oxygen atoms in total. The van der Waals surface area contributed by atoms with E-state index in [0.717, 1.165) is 6.42 Å². The number of benzene rings is 2. The molecule has 0 saturated heterocycles. The van der Waals surface area contributed by atoms with E-state index in [1.54, 1.807) is 20.0 Å². The molecule has 219 valence electrons.